The first-order chi connectivity index (χ1) is 3.06. The Balaban J connectivity index is 3.56. The van der Waals surface area contributed by atoms with Gasteiger partial charge in [0.1, 0.15) is 0 Å². The summed E-state index contributed by atoms with van der Waals surface area (Å²) in [5, 5.41) is 3.44. The minimum atomic E-state index is -1.07. The van der Waals surface area contributed by atoms with Gasteiger partial charge >= 0.3 is 0 Å². The van der Waals surface area contributed by atoms with E-state index in [1.165, 1.54) is 0 Å². The topological polar surface area (TPSA) is 38.4 Å². The lowest BCUT2D eigenvalue weighted by atomic mass is 11.6. The molecule has 0 unspecified atom stereocenters. The molecule has 0 aromatic carbocycles. The van der Waals surface area contributed by atoms with E-state index in [2.05, 4.69) is 24.7 Å². The Kier molecular flexibility index (Phi) is 2.02. The van der Waals surface area contributed by atoms with Crippen molar-refractivity contribution in [3.05, 3.63) is 0 Å². The molecule has 0 rings (SSSR count). The predicted molar refractivity (Wildman–Crippen MR) is 36.0 cm³/mol. The summed E-state index contributed by atoms with van der Waals surface area (Å²) in [6, 6.07) is 0. The van der Waals surface area contributed by atoms with E-state index in [1.54, 1.807) is 0 Å². The normalized spacial score (nSPS) is 13.0. The molecule has 0 radical (unpaired) electrons. The van der Waals surface area contributed by atoms with E-state index in [0.29, 0.717) is 0 Å². The molecular weight excluding hydrogens is 104 g/mol. The minimum Gasteiger partial charge on any atom is -0.324 e. The predicted octanol–water partition coefficient (Wildman–Crippen LogP) is 0.808. The smallest absolute Gasteiger partial charge is 0.0940 e. The summed E-state index contributed by atoms with van der Waals surface area (Å²) >= 11 is 0. The number of hydrogen-bond acceptors (Lipinski definition) is 2. The van der Waals surface area contributed by atoms with Gasteiger partial charge in [-0.1, -0.05) is 19.6 Å². The van der Waals surface area contributed by atoms with Gasteiger partial charge in [0.05, 0.1) is 8.07 Å². The maximum Gasteiger partial charge on any atom is 0.0940 e. The van der Waals surface area contributed by atoms with E-state index >= 15 is 0 Å². The Morgan fingerprint density at radius 2 is 1.86 bits per heavy atom. The molecule has 0 fully saturated rings. The van der Waals surface area contributed by atoms with Gasteiger partial charge in [-0.25, -0.2) is 5.10 Å². The fourth-order valence-corrected chi connectivity index (χ4v) is 0.671. The molecule has 0 atom stereocenters. The van der Waals surface area contributed by atoms with Gasteiger partial charge in [0.15, 0.2) is 0 Å². The lowest BCUT2D eigenvalue weighted by Crippen LogP contribution is -2.22. The average Bonchev–Trinajstić information content (AvgIpc) is 1.30. The highest BCUT2D eigenvalue weighted by molar-refractivity contribution is 6.99. The van der Waals surface area contributed by atoms with Crippen LogP contribution in [-0.4, -0.2) is 13.9 Å². The highest BCUT2D eigenvalue weighted by atomic mass is 28.3. The molecule has 0 aromatic heterocycles. The maximum atomic E-state index is 4.92. The Morgan fingerprint density at radius 1 is 1.43 bits per heavy atom. The first-order valence-corrected chi connectivity index (χ1v) is 5.88. The Morgan fingerprint density at radius 3 is 1.86 bits per heavy atom. The van der Waals surface area contributed by atoms with Crippen molar-refractivity contribution in [3.8, 4) is 0 Å². The summed E-state index contributed by atoms with van der Waals surface area (Å²) in [5.74, 6) is 6.77. The van der Waals surface area contributed by atoms with Crippen LogP contribution in [0, 0.1) is 0 Å². The van der Waals surface area contributed by atoms with E-state index in [4.69, 9.17) is 5.84 Å². The van der Waals surface area contributed by atoms with Gasteiger partial charge in [-0.05, 0) is 0 Å². The average molecular weight is 116 g/mol. The standard InChI is InChI=1S/C4H12N2Si/c1-7(2,3)4-6-5/h4H,5H2,1-3H3/b6-4-. The zero-order chi connectivity index (χ0) is 5.91. The summed E-state index contributed by atoms with van der Waals surface area (Å²) < 4.78 is 0. The number of nitrogens with zero attached hydrogens (tertiary/aromatic N) is 1. The van der Waals surface area contributed by atoms with Crippen LogP contribution < -0.4 is 5.84 Å². The van der Waals surface area contributed by atoms with Crippen molar-refractivity contribution >= 4 is 13.9 Å². The monoisotopic (exact) mass is 116 g/mol. The summed E-state index contributed by atoms with van der Waals surface area (Å²) in [7, 11) is -1.07. The molecule has 2 nitrogen and oxygen atoms in total. The van der Waals surface area contributed by atoms with Crippen molar-refractivity contribution in [3.63, 3.8) is 0 Å². The number of hydrogen-bond donors (Lipinski definition) is 1. The molecule has 0 bridgehead atoms. The molecule has 0 aromatic rings. The third kappa shape index (κ3) is 5.69. The molecular formula is C4H12N2Si. The fourth-order valence-electron chi connectivity index (χ4n) is 0.224. The molecule has 0 heterocycles. The molecule has 0 spiro atoms. The molecule has 7 heavy (non-hydrogen) atoms. The van der Waals surface area contributed by atoms with Gasteiger partial charge in [-0.3, -0.25) is 0 Å². The Bertz CT molecular complexity index is 72.2. The lowest BCUT2D eigenvalue weighted by Gasteiger charge is -2.03. The van der Waals surface area contributed by atoms with Crippen LogP contribution in [0.3, 0.4) is 0 Å². The minimum absolute atomic E-state index is 1.07. The van der Waals surface area contributed by atoms with Crippen molar-refractivity contribution < 1.29 is 0 Å². The molecule has 42 valence electrons. The van der Waals surface area contributed by atoms with Crippen molar-refractivity contribution in [2.45, 2.75) is 19.6 Å². The SMILES string of the molecule is C[Si](C)(C)/C=N\N. The Hall–Kier alpha value is -0.313. The third-order valence-electron chi connectivity index (χ3n) is 0.462. The molecule has 0 aliphatic rings. The van der Waals surface area contributed by atoms with E-state index < -0.39 is 8.07 Å². The van der Waals surface area contributed by atoms with Crippen LogP contribution in [0.1, 0.15) is 0 Å². The molecule has 0 aliphatic carbocycles. The second-order valence-electron chi connectivity index (χ2n) is 2.64. The van der Waals surface area contributed by atoms with Gasteiger partial charge in [0, 0.05) is 5.84 Å². The fraction of sp³-hybridized carbons (Fsp3) is 0.750. The van der Waals surface area contributed by atoms with Crippen LogP contribution in [0.2, 0.25) is 19.6 Å². The third-order valence-corrected chi connectivity index (χ3v) is 1.39. The molecule has 3 heteroatoms. The molecule has 2 N–H and O–H groups in total. The summed E-state index contributed by atoms with van der Waals surface area (Å²) in [5.41, 5.74) is 0. The van der Waals surface area contributed by atoms with Gasteiger partial charge < -0.3 is 5.84 Å². The van der Waals surface area contributed by atoms with Gasteiger partial charge in [-0.2, -0.15) is 0 Å². The van der Waals surface area contributed by atoms with E-state index in [1.807, 2.05) is 5.84 Å². The van der Waals surface area contributed by atoms with Gasteiger partial charge in [0.2, 0.25) is 0 Å². The first kappa shape index (κ1) is 6.69. The second-order valence-corrected chi connectivity index (χ2v) is 7.63. The molecule has 0 saturated carbocycles. The lowest BCUT2D eigenvalue weighted by molar-refractivity contribution is 1.27. The highest BCUT2D eigenvalue weighted by Crippen LogP contribution is 1.92. The van der Waals surface area contributed by atoms with Crippen LogP contribution in [0.15, 0.2) is 5.10 Å². The zero-order valence-electron chi connectivity index (χ0n) is 5.10. The molecule has 0 aliphatic heterocycles. The van der Waals surface area contributed by atoms with Crippen molar-refractivity contribution in [2.24, 2.45) is 10.9 Å². The number of nitrogens with two attached hydrogens (primary N) is 1. The van der Waals surface area contributed by atoms with Crippen LogP contribution >= 0.6 is 0 Å². The van der Waals surface area contributed by atoms with Crippen LogP contribution in [0.25, 0.3) is 0 Å². The summed E-state index contributed by atoms with van der Waals surface area (Å²) in [6.45, 7) is 6.55. The van der Waals surface area contributed by atoms with Crippen LogP contribution in [0.5, 0.6) is 0 Å². The zero-order valence-corrected chi connectivity index (χ0v) is 6.10. The second kappa shape index (κ2) is 2.11. The van der Waals surface area contributed by atoms with Gasteiger partial charge in [0.25, 0.3) is 0 Å². The largest absolute Gasteiger partial charge is 0.324 e. The quantitative estimate of drug-likeness (QED) is 0.234. The van der Waals surface area contributed by atoms with Crippen LogP contribution in [-0.2, 0) is 0 Å². The summed E-state index contributed by atoms with van der Waals surface area (Å²) in [4.78, 5) is 0. The van der Waals surface area contributed by atoms with E-state index in [9.17, 15) is 0 Å². The molecule has 0 saturated heterocycles. The van der Waals surface area contributed by atoms with Crippen molar-refractivity contribution in [2.75, 3.05) is 0 Å². The van der Waals surface area contributed by atoms with Crippen molar-refractivity contribution in [1.82, 2.24) is 0 Å². The van der Waals surface area contributed by atoms with E-state index in [-0.39, 0.29) is 0 Å². The first-order valence-electron chi connectivity index (χ1n) is 2.31. The molecule has 0 amide bonds. The summed E-state index contributed by atoms with van der Waals surface area (Å²) in [6.07, 6.45) is 0. The maximum absolute atomic E-state index is 4.92. The van der Waals surface area contributed by atoms with Gasteiger partial charge in [-0.15, -0.1) is 0 Å². The van der Waals surface area contributed by atoms with Crippen LogP contribution in [0.4, 0.5) is 0 Å². The van der Waals surface area contributed by atoms with Crippen molar-refractivity contribution in [1.29, 1.82) is 0 Å². The number of rotatable bonds is 1. The highest BCUT2D eigenvalue weighted by Gasteiger charge is 2.07. The van der Waals surface area contributed by atoms with E-state index in [0.717, 1.165) is 0 Å². The Labute approximate surface area is 45.4 Å². The number of hydrazone groups is 1.